The van der Waals surface area contributed by atoms with E-state index in [1.165, 1.54) is 51.4 Å². The molecule has 0 saturated heterocycles. The fraction of sp³-hybridized carbons (Fsp3) is 0.846. The van der Waals surface area contributed by atoms with Crippen molar-refractivity contribution in [2.45, 2.75) is 71.1 Å². The van der Waals surface area contributed by atoms with E-state index >= 15 is 0 Å². The highest BCUT2D eigenvalue weighted by Crippen LogP contribution is 2.10. The molecule has 0 aromatic carbocycles. The van der Waals surface area contributed by atoms with Crippen LogP contribution in [0.4, 0.5) is 0 Å². The van der Waals surface area contributed by atoms with Crippen molar-refractivity contribution in [3.63, 3.8) is 0 Å². The molecule has 1 unspecified atom stereocenters. The molecule has 94 valence electrons. The molecule has 0 spiro atoms. The van der Waals surface area contributed by atoms with Gasteiger partial charge in [0.25, 0.3) is 0 Å². The Kier molecular flexibility index (Phi) is 12.5. The summed E-state index contributed by atoms with van der Waals surface area (Å²) in [6.07, 6.45) is 12.4. The van der Waals surface area contributed by atoms with Crippen LogP contribution in [0.15, 0.2) is 0 Å². The highest BCUT2D eigenvalue weighted by molar-refractivity contribution is 7.84. The molecule has 0 fully saturated rings. The minimum atomic E-state index is -1.94. The van der Waals surface area contributed by atoms with Gasteiger partial charge in [-0.25, -0.2) is 4.21 Å². The van der Waals surface area contributed by atoms with Crippen molar-refractivity contribution in [3.05, 3.63) is 0 Å². The van der Waals surface area contributed by atoms with Crippen LogP contribution in [0.2, 0.25) is 0 Å². The van der Waals surface area contributed by atoms with Gasteiger partial charge in [-0.2, -0.15) is 0 Å². The average Bonchev–Trinajstić information content (AvgIpc) is 2.25. The molecule has 0 heterocycles. The highest BCUT2D eigenvalue weighted by Gasteiger charge is 1.91. The number of hydrogen-bond acceptors (Lipinski definition) is 1. The Morgan fingerprint density at radius 2 is 1.44 bits per heavy atom. The molecule has 0 aromatic rings. The van der Waals surface area contributed by atoms with Gasteiger partial charge in [0.05, 0.1) is 0 Å². The van der Waals surface area contributed by atoms with Crippen LogP contribution in [0.25, 0.3) is 0 Å². The van der Waals surface area contributed by atoms with Gasteiger partial charge in [0, 0.05) is 11.7 Å². The molecule has 0 saturated carbocycles. The quantitative estimate of drug-likeness (QED) is 0.377. The molecule has 0 bridgehead atoms. The normalized spacial score (nSPS) is 11.9. The van der Waals surface area contributed by atoms with E-state index in [2.05, 4.69) is 18.1 Å². The van der Waals surface area contributed by atoms with Crippen molar-refractivity contribution in [2.75, 3.05) is 0 Å². The zero-order valence-electron chi connectivity index (χ0n) is 10.3. The summed E-state index contributed by atoms with van der Waals surface area (Å²) in [5.74, 6) is 2.70. The minimum absolute atomic E-state index is 0.752. The first-order chi connectivity index (χ1) is 7.77. The smallest absolute Gasteiger partial charge is 0.233 e. The third kappa shape index (κ3) is 13.7. The van der Waals surface area contributed by atoms with Gasteiger partial charge >= 0.3 is 0 Å². The van der Waals surface area contributed by atoms with Gasteiger partial charge < -0.3 is 0 Å². The molecular formula is C13H24O2S. The van der Waals surface area contributed by atoms with Crippen LogP contribution in [0.5, 0.6) is 0 Å². The van der Waals surface area contributed by atoms with Crippen LogP contribution < -0.4 is 0 Å². The second kappa shape index (κ2) is 12.7. The standard InChI is InChI=1S/C13H24O2S/c1-2-3-4-5-6-7-8-9-10-11-12-13-16(14)15/h2-11H2,1H3,(H,14,15). The number of rotatable bonds is 9. The summed E-state index contributed by atoms with van der Waals surface area (Å²) in [7, 11) is 0. The molecule has 0 radical (unpaired) electrons. The number of hydrogen-bond donors (Lipinski definition) is 1. The summed E-state index contributed by atoms with van der Waals surface area (Å²) in [5, 5.41) is 2.25. The Balaban J connectivity index is 3.05. The molecule has 0 amide bonds. The molecule has 0 aliphatic carbocycles. The van der Waals surface area contributed by atoms with Gasteiger partial charge in [0.2, 0.25) is 11.1 Å². The van der Waals surface area contributed by atoms with Gasteiger partial charge in [-0.15, -0.1) is 0 Å². The Labute approximate surface area is 102 Å². The second-order valence-corrected chi connectivity index (χ2v) is 4.81. The van der Waals surface area contributed by atoms with Crippen LogP contribution in [0.3, 0.4) is 0 Å². The SMILES string of the molecule is CCCCCCCCCCCC#CS(=O)O. The third-order valence-electron chi connectivity index (χ3n) is 2.56. The summed E-state index contributed by atoms with van der Waals surface area (Å²) in [6.45, 7) is 2.24. The van der Waals surface area contributed by atoms with Crippen LogP contribution in [0.1, 0.15) is 71.1 Å². The zero-order chi connectivity index (χ0) is 12.1. The van der Waals surface area contributed by atoms with Crippen LogP contribution in [-0.2, 0) is 11.1 Å². The first-order valence-corrected chi connectivity index (χ1v) is 7.47. The van der Waals surface area contributed by atoms with Crippen molar-refractivity contribution in [2.24, 2.45) is 0 Å². The second-order valence-electron chi connectivity index (χ2n) is 4.11. The lowest BCUT2D eigenvalue weighted by Crippen LogP contribution is -1.81. The van der Waals surface area contributed by atoms with Crippen molar-refractivity contribution < 1.29 is 8.76 Å². The first-order valence-electron chi connectivity index (χ1n) is 6.36. The lowest BCUT2D eigenvalue weighted by molar-refractivity contribution is 0.567. The molecule has 1 atom stereocenters. The third-order valence-corrected chi connectivity index (χ3v) is 2.88. The lowest BCUT2D eigenvalue weighted by atomic mass is 10.1. The largest absolute Gasteiger partial charge is 0.296 e. The van der Waals surface area contributed by atoms with Crippen molar-refractivity contribution >= 4 is 11.1 Å². The zero-order valence-corrected chi connectivity index (χ0v) is 11.2. The van der Waals surface area contributed by atoms with Gasteiger partial charge in [0.1, 0.15) is 0 Å². The van der Waals surface area contributed by atoms with Crippen LogP contribution in [0, 0.1) is 11.2 Å². The lowest BCUT2D eigenvalue weighted by Gasteiger charge is -1.99. The Morgan fingerprint density at radius 3 is 1.94 bits per heavy atom. The maximum atomic E-state index is 10.2. The van der Waals surface area contributed by atoms with Crippen LogP contribution in [-0.4, -0.2) is 8.76 Å². The monoisotopic (exact) mass is 244 g/mol. The summed E-state index contributed by atoms with van der Waals surface area (Å²) >= 11 is -1.94. The van der Waals surface area contributed by atoms with Crippen LogP contribution >= 0.6 is 0 Å². The van der Waals surface area contributed by atoms with Gasteiger partial charge in [-0.1, -0.05) is 64.2 Å². The van der Waals surface area contributed by atoms with E-state index < -0.39 is 11.1 Å². The van der Waals surface area contributed by atoms with Gasteiger partial charge in [-0.3, -0.25) is 4.55 Å². The predicted molar refractivity (Wildman–Crippen MR) is 70.4 cm³/mol. The molecule has 1 N–H and O–H groups in total. The Bertz CT molecular complexity index is 228. The van der Waals surface area contributed by atoms with E-state index in [9.17, 15) is 4.21 Å². The summed E-state index contributed by atoms with van der Waals surface area (Å²) in [6, 6.07) is 0. The molecule has 16 heavy (non-hydrogen) atoms. The van der Waals surface area contributed by atoms with E-state index in [4.69, 9.17) is 4.55 Å². The van der Waals surface area contributed by atoms with Crippen molar-refractivity contribution in [1.29, 1.82) is 0 Å². The van der Waals surface area contributed by atoms with Crippen molar-refractivity contribution in [1.82, 2.24) is 0 Å². The van der Waals surface area contributed by atoms with E-state index in [1.54, 1.807) is 0 Å². The molecule has 0 aliphatic rings. The predicted octanol–water partition coefficient (Wildman–Crippen LogP) is 4.09. The summed E-state index contributed by atoms with van der Waals surface area (Å²) in [4.78, 5) is 0. The molecule has 0 rings (SSSR count). The molecule has 3 heteroatoms. The average molecular weight is 244 g/mol. The fourth-order valence-electron chi connectivity index (χ4n) is 1.64. The van der Waals surface area contributed by atoms with Gasteiger partial charge in [-0.05, 0) is 6.42 Å². The fourth-order valence-corrected chi connectivity index (χ4v) is 1.86. The maximum Gasteiger partial charge on any atom is 0.233 e. The molecule has 2 nitrogen and oxygen atoms in total. The maximum absolute atomic E-state index is 10.2. The highest BCUT2D eigenvalue weighted by atomic mass is 32.2. The Morgan fingerprint density at radius 1 is 0.938 bits per heavy atom. The summed E-state index contributed by atoms with van der Waals surface area (Å²) in [5.41, 5.74) is 0. The van der Waals surface area contributed by atoms with E-state index in [1.807, 2.05) is 0 Å². The van der Waals surface area contributed by atoms with E-state index in [0.29, 0.717) is 0 Å². The number of unbranched alkanes of at least 4 members (excludes halogenated alkanes) is 9. The minimum Gasteiger partial charge on any atom is -0.296 e. The molecule has 0 aromatic heterocycles. The van der Waals surface area contributed by atoms with Crippen molar-refractivity contribution in [3.8, 4) is 11.2 Å². The first kappa shape index (κ1) is 15.7. The Hall–Kier alpha value is -0.330. The summed E-state index contributed by atoms with van der Waals surface area (Å²) < 4.78 is 18.6. The van der Waals surface area contributed by atoms with Gasteiger partial charge in [0.15, 0.2) is 0 Å². The topological polar surface area (TPSA) is 37.3 Å². The van der Waals surface area contributed by atoms with E-state index in [-0.39, 0.29) is 0 Å². The van der Waals surface area contributed by atoms with E-state index in [0.717, 1.165) is 12.8 Å². The molecular weight excluding hydrogens is 220 g/mol. The molecule has 0 aliphatic heterocycles.